The molecule has 116 valence electrons. The van der Waals surface area contributed by atoms with Gasteiger partial charge in [-0.05, 0) is 19.3 Å². The summed E-state index contributed by atoms with van der Waals surface area (Å²) in [6.07, 6.45) is 3.40. The van der Waals surface area contributed by atoms with Crippen LogP contribution in [0, 0.1) is 10.1 Å². The highest BCUT2D eigenvalue weighted by molar-refractivity contribution is 5.99. The molecule has 0 unspecified atom stereocenters. The minimum atomic E-state index is -0.579. The summed E-state index contributed by atoms with van der Waals surface area (Å²) in [4.78, 5) is 27.9. The van der Waals surface area contributed by atoms with Crippen molar-refractivity contribution in [3.8, 4) is 0 Å². The molecule has 0 saturated heterocycles. The van der Waals surface area contributed by atoms with Gasteiger partial charge in [0.2, 0.25) is 0 Å². The zero-order chi connectivity index (χ0) is 15.8. The Hall–Kier alpha value is -2.22. The number of hydrogen-bond acceptors (Lipinski definition) is 6. The quantitative estimate of drug-likeness (QED) is 0.425. The van der Waals surface area contributed by atoms with Crippen LogP contribution in [0.4, 0.5) is 11.5 Å². The maximum Gasteiger partial charge on any atom is 0.288 e. The number of aromatic nitrogens is 1. The van der Waals surface area contributed by atoms with Crippen molar-refractivity contribution in [3.63, 3.8) is 0 Å². The van der Waals surface area contributed by atoms with Crippen LogP contribution in [0.3, 0.4) is 0 Å². The second kappa shape index (κ2) is 8.15. The molecule has 1 aromatic heterocycles. The molecule has 0 saturated carbocycles. The first-order valence-corrected chi connectivity index (χ1v) is 6.69. The number of carbonyl (C=O) groups is 1. The van der Waals surface area contributed by atoms with Gasteiger partial charge in [0.1, 0.15) is 12.0 Å². The number of aliphatic hydroxyl groups excluding tert-OH is 1. The molecule has 0 aromatic carbocycles. The lowest BCUT2D eigenvalue weighted by Gasteiger charge is -2.18. The van der Waals surface area contributed by atoms with E-state index in [2.05, 4.69) is 10.3 Å². The van der Waals surface area contributed by atoms with Gasteiger partial charge in [0.05, 0.1) is 10.5 Å². The van der Waals surface area contributed by atoms with Gasteiger partial charge in [-0.1, -0.05) is 0 Å². The lowest BCUT2D eigenvalue weighted by molar-refractivity contribution is -0.385. The Morgan fingerprint density at radius 2 is 2.19 bits per heavy atom. The molecule has 1 amide bonds. The summed E-state index contributed by atoms with van der Waals surface area (Å²) in [5, 5.41) is 22.3. The molecular weight excluding hydrogens is 276 g/mol. The number of nitrogens with one attached hydrogen (secondary N) is 1. The van der Waals surface area contributed by atoms with Gasteiger partial charge in [-0.3, -0.25) is 14.9 Å². The van der Waals surface area contributed by atoms with Crippen LogP contribution in [0.25, 0.3) is 0 Å². The number of aliphatic hydroxyl groups is 1. The Bertz CT molecular complexity index is 507. The van der Waals surface area contributed by atoms with Crippen molar-refractivity contribution in [1.82, 2.24) is 9.88 Å². The first kappa shape index (κ1) is 16.8. The fraction of sp³-hybridized carbons (Fsp3) is 0.538. The van der Waals surface area contributed by atoms with Crippen LogP contribution in [0.5, 0.6) is 0 Å². The second-order valence-electron chi connectivity index (χ2n) is 4.61. The lowest BCUT2D eigenvalue weighted by atomic mass is 10.2. The van der Waals surface area contributed by atoms with Gasteiger partial charge >= 0.3 is 0 Å². The monoisotopic (exact) mass is 296 g/mol. The Morgan fingerprint density at radius 1 is 1.48 bits per heavy atom. The number of nitro groups is 1. The minimum Gasteiger partial charge on any atom is -0.396 e. The van der Waals surface area contributed by atoms with Crippen LogP contribution in [0.1, 0.15) is 29.6 Å². The molecule has 0 spiro atoms. The molecule has 1 rings (SSSR count). The van der Waals surface area contributed by atoms with E-state index in [9.17, 15) is 14.9 Å². The Morgan fingerprint density at radius 3 is 2.76 bits per heavy atom. The summed E-state index contributed by atoms with van der Waals surface area (Å²) >= 11 is 0. The molecule has 0 bridgehead atoms. The molecular formula is C13H20N4O4. The molecule has 21 heavy (non-hydrogen) atoms. The van der Waals surface area contributed by atoms with Gasteiger partial charge in [0.25, 0.3) is 11.6 Å². The van der Waals surface area contributed by atoms with Crippen LogP contribution >= 0.6 is 0 Å². The summed E-state index contributed by atoms with van der Waals surface area (Å²) in [6, 6.07) is 1.23. The van der Waals surface area contributed by atoms with E-state index < -0.39 is 4.92 Å². The number of amides is 1. The minimum absolute atomic E-state index is 0.135. The Kier molecular flexibility index (Phi) is 6.54. The van der Waals surface area contributed by atoms with Crippen LogP contribution in [0.15, 0.2) is 12.3 Å². The predicted octanol–water partition coefficient (Wildman–Crippen LogP) is 1.27. The van der Waals surface area contributed by atoms with Gasteiger partial charge in [-0.25, -0.2) is 4.98 Å². The first-order valence-electron chi connectivity index (χ1n) is 6.69. The highest BCUT2D eigenvalue weighted by Gasteiger charge is 2.20. The summed E-state index contributed by atoms with van der Waals surface area (Å²) in [5.41, 5.74) is -0.0395. The largest absolute Gasteiger partial charge is 0.396 e. The first-order chi connectivity index (χ1) is 10.0. The topological polar surface area (TPSA) is 109 Å². The number of nitrogens with zero attached hydrogens (tertiary/aromatic N) is 3. The molecule has 0 atom stereocenters. The zero-order valence-corrected chi connectivity index (χ0v) is 12.2. The van der Waals surface area contributed by atoms with Crippen molar-refractivity contribution in [3.05, 3.63) is 27.9 Å². The summed E-state index contributed by atoms with van der Waals surface area (Å²) in [6.45, 7) is 0.654. The average Bonchev–Trinajstić information content (AvgIpc) is 2.49. The highest BCUT2D eigenvalue weighted by atomic mass is 16.6. The van der Waals surface area contributed by atoms with Crippen LogP contribution in [0.2, 0.25) is 0 Å². The molecule has 0 fully saturated rings. The van der Waals surface area contributed by atoms with E-state index in [1.807, 2.05) is 0 Å². The zero-order valence-electron chi connectivity index (χ0n) is 12.2. The molecule has 0 aliphatic rings. The third-order valence-electron chi connectivity index (χ3n) is 3.05. The number of carbonyl (C=O) groups excluding carboxylic acids is 1. The fourth-order valence-corrected chi connectivity index (χ4v) is 1.86. The van der Waals surface area contributed by atoms with Crippen LogP contribution in [-0.4, -0.2) is 53.1 Å². The number of rotatable bonds is 8. The number of hydrogen-bond donors (Lipinski definition) is 2. The van der Waals surface area contributed by atoms with Gasteiger partial charge in [0.15, 0.2) is 0 Å². The number of anilines is 1. The van der Waals surface area contributed by atoms with Crippen LogP contribution < -0.4 is 5.32 Å². The van der Waals surface area contributed by atoms with E-state index >= 15 is 0 Å². The molecule has 1 heterocycles. The molecule has 2 N–H and O–H groups in total. The summed E-state index contributed by atoms with van der Waals surface area (Å²) < 4.78 is 0. The smallest absolute Gasteiger partial charge is 0.288 e. The van der Waals surface area contributed by atoms with Crippen molar-refractivity contribution in [2.24, 2.45) is 0 Å². The summed E-state index contributed by atoms with van der Waals surface area (Å²) in [7, 11) is 3.24. The van der Waals surface area contributed by atoms with E-state index in [-0.39, 0.29) is 23.8 Å². The third kappa shape index (κ3) is 4.67. The Labute approximate surface area is 122 Å². The lowest BCUT2D eigenvalue weighted by Crippen LogP contribution is -2.28. The maximum absolute atomic E-state index is 12.3. The van der Waals surface area contributed by atoms with Crippen molar-refractivity contribution in [2.75, 3.05) is 32.6 Å². The maximum atomic E-state index is 12.3. The summed E-state index contributed by atoms with van der Waals surface area (Å²) in [5.74, 6) is -0.00708. The van der Waals surface area contributed by atoms with E-state index in [0.717, 1.165) is 19.0 Å². The van der Waals surface area contributed by atoms with Crippen LogP contribution in [-0.2, 0) is 0 Å². The van der Waals surface area contributed by atoms with E-state index in [4.69, 9.17) is 5.11 Å². The SMILES string of the molecule is CNc1ncc([N+](=O)[O-])cc1C(=O)N(C)CCCCCO. The van der Waals surface area contributed by atoms with Gasteiger partial charge in [0, 0.05) is 33.3 Å². The van der Waals surface area contributed by atoms with Crippen molar-refractivity contribution >= 4 is 17.4 Å². The molecule has 8 nitrogen and oxygen atoms in total. The normalized spacial score (nSPS) is 10.2. The predicted molar refractivity (Wildman–Crippen MR) is 78.3 cm³/mol. The van der Waals surface area contributed by atoms with E-state index in [1.54, 1.807) is 14.1 Å². The Balaban J connectivity index is 2.84. The van der Waals surface area contributed by atoms with Crippen molar-refractivity contribution < 1.29 is 14.8 Å². The second-order valence-corrected chi connectivity index (χ2v) is 4.61. The molecule has 0 radical (unpaired) electrons. The van der Waals surface area contributed by atoms with E-state index in [0.29, 0.717) is 18.8 Å². The number of unbranched alkanes of at least 4 members (excludes halogenated alkanes) is 2. The number of pyridine rings is 1. The third-order valence-corrected chi connectivity index (χ3v) is 3.05. The van der Waals surface area contributed by atoms with Gasteiger partial charge in [-0.2, -0.15) is 0 Å². The fourth-order valence-electron chi connectivity index (χ4n) is 1.86. The van der Waals surface area contributed by atoms with Crippen molar-refractivity contribution in [2.45, 2.75) is 19.3 Å². The highest BCUT2D eigenvalue weighted by Crippen LogP contribution is 2.20. The molecule has 0 aliphatic heterocycles. The molecule has 1 aromatic rings. The average molecular weight is 296 g/mol. The van der Waals surface area contributed by atoms with Gasteiger partial charge < -0.3 is 15.3 Å². The molecule has 8 heteroatoms. The van der Waals surface area contributed by atoms with Gasteiger partial charge in [-0.15, -0.1) is 0 Å². The standard InChI is InChI=1S/C13H20N4O4/c1-14-12-11(8-10(9-15-12)17(20)21)13(19)16(2)6-4-3-5-7-18/h8-9,18H,3-7H2,1-2H3,(H,14,15). The molecule has 0 aliphatic carbocycles. The van der Waals surface area contributed by atoms with Crippen molar-refractivity contribution in [1.29, 1.82) is 0 Å². The van der Waals surface area contributed by atoms with E-state index in [1.165, 1.54) is 11.0 Å².